The average molecular weight is 261 g/mol. The molecule has 1 atom stereocenters. The van der Waals surface area contributed by atoms with Gasteiger partial charge in [-0.1, -0.05) is 27.2 Å². The topological polar surface area (TPSA) is 95.9 Å². The summed E-state index contributed by atoms with van der Waals surface area (Å²) in [6.45, 7) is 5.96. The Labute approximate surface area is 107 Å². The normalized spacial score (nSPS) is 14.1. The molecule has 0 fully saturated rings. The molecule has 0 rings (SSSR count). The Morgan fingerprint density at radius 3 is 2.44 bits per heavy atom. The molecule has 0 saturated heterocycles. The SMILES string of the molecule is CCCCOC(=O)NC(O)(CCC(C)C)C(=O)O. The van der Waals surface area contributed by atoms with Crippen molar-refractivity contribution in [2.24, 2.45) is 5.92 Å². The third kappa shape index (κ3) is 6.44. The number of ether oxygens (including phenoxy) is 1. The van der Waals surface area contributed by atoms with Crippen LogP contribution < -0.4 is 5.32 Å². The quantitative estimate of drug-likeness (QED) is 0.456. The number of nitrogens with one attached hydrogen (secondary N) is 1. The minimum absolute atomic E-state index is 0.0527. The van der Waals surface area contributed by atoms with Crippen LogP contribution in [0.3, 0.4) is 0 Å². The van der Waals surface area contributed by atoms with Crippen LogP contribution in [0.25, 0.3) is 0 Å². The van der Waals surface area contributed by atoms with Gasteiger partial charge < -0.3 is 14.9 Å². The lowest BCUT2D eigenvalue weighted by Gasteiger charge is -2.24. The van der Waals surface area contributed by atoms with Crippen LogP contribution in [0.4, 0.5) is 4.79 Å². The van der Waals surface area contributed by atoms with Crippen molar-refractivity contribution in [3.05, 3.63) is 0 Å². The molecule has 0 spiro atoms. The largest absolute Gasteiger partial charge is 0.478 e. The summed E-state index contributed by atoms with van der Waals surface area (Å²) in [5, 5.41) is 20.8. The van der Waals surface area contributed by atoms with Gasteiger partial charge in [0.2, 0.25) is 5.72 Å². The number of hydrogen-bond donors (Lipinski definition) is 3. The number of carbonyl (C=O) groups is 2. The molecule has 0 saturated carbocycles. The number of amides is 1. The van der Waals surface area contributed by atoms with Crippen molar-refractivity contribution in [3.63, 3.8) is 0 Å². The Morgan fingerprint density at radius 2 is 2.00 bits per heavy atom. The van der Waals surface area contributed by atoms with Gasteiger partial charge in [0.05, 0.1) is 6.61 Å². The van der Waals surface area contributed by atoms with Gasteiger partial charge in [0.25, 0.3) is 0 Å². The fourth-order valence-electron chi connectivity index (χ4n) is 1.23. The van der Waals surface area contributed by atoms with Gasteiger partial charge in [-0.05, 0) is 18.8 Å². The molecule has 18 heavy (non-hydrogen) atoms. The Bertz CT molecular complexity index is 280. The molecule has 0 aromatic rings. The highest BCUT2D eigenvalue weighted by Crippen LogP contribution is 2.15. The lowest BCUT2D eigenvalue weighted by Crippen LogP contribution is -2.54. The number of carboxylic acids is 1. The zero-order chi connectivity index (χ0) is 14.2. The summed E-state index contributed by atoms with van der Waals surface area (Å²) in [5.74, 6) is -1.25. The van der Waals surface area contributed by atoms with Crippen molar-refractivity contribution in [2.75, 3.05) is 6.61 Å². The molecule has 0 heterocycles. The maximum absolute atomic E-state index is 11.3. The van der Waals surface area contributed by atoms with Crippen LogP contribution >= 0.6 is 0 Å². The maximum atomic E-state index is 11.3. The van der Waals surface area contributed by atoms with E-state index in [1.807, 2.05) is 26.1 Å². The van der Waals surface area contributed by atoms with E-state index in [9.17, 15) is 14.7 Å². The first-order chi connectivity index (χ1) is 8.31. The second kappa shape index (κ2) is 7.92. The van der Waals surface area contributed by atoms with Crippen LogP contribution in [0.2, 0.25) is 0 Å². The van der Waals surface area contributed by atoms with Gasteiger partial charge in [-0.2, -0.15) is 0 Å². The van der Waals surface area contributed by atoms with Crippen molar-refractivity contribution in [3.8, 4) is 0 Å². The molecule has 6 nitrogen and oxygen atoms in total. The molecule has 0 aliphatic heterocycles. The van der Waals surface area contributed by atoms with Gasteiger partial charge in [0.15, 0.2) is 0 Å². The molecule has 3 N–H and O–H groups in total. The van der Waals surface area contributed by atoms with E-state index in [4.69, 9.17) is 9.84 Å². The molecule has 0 aliphatic carbocycles. The summed E-state index contributed by atoms with van der Waals surface area (Å²) in [4.78, 5) is 22.3. The van der Waals surface area contributed by atoms with Crippen LogP contribution in [0, 0.1) is 5.92 Å². The number of aliphatic carboxylic acids is 1. The molecule has 0 aromatic heterocycles. The van der Waals surface area contributed by atoms with E-state index >= 15 is 0 Å². The number of carbonyl (C=O) groups excluding carboxylic acids is 1. The van der Waals surface area contributed by atoms with Crippen molar-refractivity contribution in [1.82, 2.24) is 5.32 Å². The highest BCUT2D eigenvalue weighted by atomic mass is 16.6. The average Bonchev–Trinajstić information content (AvgIpc) is 2.26. The summed E-state index contributed by atoms with van der Waals surface area (Å²) in [6, 6.07) is 0. The fourth-order valence-corrected chi connectivity index (χ4v) is 1.23. The van der Waals surface area contributed by atoms with E-state index in [0.29, 0.717) is 12.8 Å². The van der Waals surface area contributed by atoms with E-state index < -0.39 is 17.8 Å². The molecule has 1 unspecified atom stereocenters. The summed E-state index contributed by atoms with van der Waals surface area (Å²) in [7, 11) is 0. The Hall–Kier alpha value is -1.30. The first kappa shape index (κ1) is 16.7. The predicted octanol–water partition coefficient (Wildman–Crippen LogP) is 1.72. The van der Waals surface area contributed by atoms with Gasteiger partial charge in [-0.3, -0.25) is 5.32 Å². The van der Waals surface area contributed by atoms with Crippen LogP contribution in [0.5, 0.6) is 0 Å². The monoisotopic (exact) mass is 261 g/mol. The van der Waals surface area contributed by atoms with Gasteiger partial charge in [-0.25, -0.2) is 9.59 Å². The summed E-state index contributed by atoms with van der Waals surface area (Å²) < 4.78 is 4.76. The first-order valence-corrected chi connectivity index (χ1v) is 6.22. The number of carboxylic acid groups (broad SMARTS) is 1. The van der Waals surface area contributed by atoms with Gasteiger partial charge >= 0.3 is 12.1 Å². The highest BCUT2D eigenvalue weighted by Gasteiger charge is 2.38. The predicted molar refractivity (Wildman–Crippen MR) is 66.0 cm³/mol. The van der Waals surface area contributed by atoms with Crippen LogP contribution in [-0.2, 0) is 9.53 Å². The molecule has 1 amide bonds. The molecule has 0 aliphatic rings. The summed E-state index contributed by atoms with van der Waals surface area (Å²) in [5.41, 5.74) is -2.26. The third-order valence-electron chi connectivity index (χ3n) is 2.48. The molecule has 6 heteroatoms. The Balaban J connectivity index is 4.33. The van der Waals surface area contributed by atoms with E-state index in [1.165, 1.54) is 0 Å². The molecular formula is C12H23NO5. The number of alkyl carbamates (subject to hydrolysis) is 1. The van der Waals surface area contributed by atoms with E-state index in [0.717, 1.165) is 6.42 Å². The van der Waals surface area contributed by atoms with Crippen molar-refractivity contribution in [2.45, 2.75) is 52.2 Å². The minimum Gasteiger partial charge on any atom is -0.478 e. The number of aliphatic hydroxyl groups is 1. The van der Waals surface area contributed by atoms with E-state index in [2.05, 4.69) is 0 Å². The first-order valence-electron chi connectivity index (χ1n) is 6.22. The van der Waals surface area contributed by atoms with Gasteiger partial charge in [0.1, 0.15) is 0 Å². The zero-order valence-corrected chi connectivity index (χ0v) is 11.2. The lowest BCUT2D eigenvalue weighted by atomic mass is 10.0. The molecule has 0 radical (unpaired) electrons. The summed E-state index contributed by atoms with van der Waals surface area (Å²) in [6.07, 6.45) is 1.09. The second-order valence-electron chi connectivity index (χ2n) is 4.71. The second-order valence-corrected chi connectivity index (χ2v) is 4.71. The lowest BCUT2D eigenvalue weighted by molar-refractivity contribution is -0.162. The summed E-state index contributed by atoms with van der Waals surface area (Å²) >= 11 is 0. The van der Waals surface area contributed by atoms with E-state index in [1.54, 1.807) is 0 Å². The molecule has 0 aromatic carbocycles. The highest BCUT2D eigenvalue weighted by molar-refractivity contribution is 5.82. The Morgan fingerprint density at radius 1 is 1.39 bits per heavy atom. The number of hydrogen-bond acceptors (Lipinski definition) is 4. The van der Waals surface area contributed by atoms with Crippen LogP contribution in [0.1, 0.15) is 46.5 Å². The number of rotatable bonds is 8. The van der Waals surface area contributed by atoms with Crippen molar-refractivity contribution in [1.29, 1.82) is 0 Å². The maximum Gasteiger partial charge on any atom is 0.409 e. The fraction of sp³-hybridized carbons (Fsp3) is 0.833. The zero-order valence-electron chi connectivity index (χ0n) is 11.2. The molecular weight excluding hydrogens is 238 g/mol. The van der Waals surface area contributed by atoms with Crippen LogP contribution in [0.15, 0.2) is 0 Å². The smallest absolute Gasteiger partial charge is 0.409 e. The van der Waals surface area contributed by atoms with Crippen LogP contribution in [-0.4, -0.2) is 34.6 Å². The third-order valence-corrected chi connectivity index (χ3v) is 2.48. The van der Waals surface area contributed by atoms with Crippen molar-refractivity contribution < 1.29 is 24.5 Å². The van der Waals surface area contributed by atoms with Gasteiger partial charge in [0, 0.05) is 6.42 Å². The van der Waals surface area contributed by atoms with Crippen molar-refractivity contribution >= 4 is 12.1 Å². The number of unbranched alkanes of at least 4 members (excludes halogenated alkanes) is 1. The Kier molecular flexibility index (Phi) is 7.35. The van der Waals surface area contributed by atoms with Gasteiger partial charge in [-0.15, -0.1) is 0 Å². The molecule has 106 valence electrons. The molecule has 0 bridgehead atoms. The van der Waals surface area contributed by atoms with E-state index in [-0.39, 0.29) is 18.9 Å². The standard InChI is InChI=1S/C12H23NO5/c1-4-5-8-18-11(16)13-12(17,10(14)15)7-6-9(2)3/h9,17H,4-8H2,1-3H3,(H,13,16)(H,14,15). The minimum atomic E-state index is -2.26.